The molecule has 1 heterocycles. The number of aromatic amines is 1. The Morgan fingerprint density at radius 2 is 2.16 bits per heavy atom. The molecule has 1 aromatic heterocycles. The monoisotopic (exact) mass is 305 g/mol. The molecule has 0 radical (unpaired) electrons. The van der Waals surface area contributed by atoms with E-state index >= 15 is 0 Å². The van der Waals surface area contributed by atoms with Gasteiger partial charge in [-0.15, -0.1) is 0 Å². The summed E-state index contributed by atoms with van der Waals surface area (Å²) in [4.78, 5) is 0. The maximum absolute atomic E-state index is 13.1. The number of aliphatic hydroxyl groups is 1. The van der Waals surface area contributed by atoms with Crippen LogP contribution in [-0.2, 0) is 16.6 Å². The summed E-state index contributed by atoms with van der Waals surface area (Å²) in [5, 5.41) is 14.6. The molecule has 9 heteroatoms. The van der Waals surface area contributed by atoms with Gasteiger partial charge in [-0.25, -0.2) is 4.39 Å². The lowest BCUT2D eigenvalue weighted by Gasteiger charge is -2.08. The van der Waals surface area contributed by atoms with Crippen LogP contribution in [0.15, 0.2) is 29.4 Å². The minimum atomic E-state index is -4.00. The van der Waals surface area contributed by atoms with Gasteiger partial charge in [0.25, 0.3) is 10.0 Å². The van der Waals surface area contributed by atoms with Crippen molar-refractivity contribution in [3.8, 4) is 0 Å². The highest BCUT2D eigenvalue weighted by molar-refractivity contribution is 7.92. The second kappa shape index (κ2) is 5.16. The molecule has 0 unspecified atom stereocenters. The molecule has 2 rings (SSSR count). The number of hydrogen-bond acceptors (Lipinski definition) is 4. The van der Waals surface area contributed by atoms with E-state index in [1.807, 2.05) is 0 Å². The summed E-state index contributed by atoms with van der Waals surface area (Å²) in [5.41, 5.74) is 0.0819. The van der Waals surface area contributed by atoms with Gasteiger partial charge in [0, 0.05) is 10.6 Å². The smallest absolute Gasteiger partial charge is 0.279 e. The lowest BCUT2D eigenvalue weighted by atomic mass is 10.3. The number of benzene rings is 1. The third kappa shape index (κ3) is 3.03. The number of aromatic nitrogens is 2. The Morgan fingerprint density at radius 1 is 1.42 bits per heavy atom. The molecule has 0 amide bonds. The van der Waals surface area contributed by atoms with Crippen molar-refractivity contribution in [3.05, 3.63) is 40.8 Å². The second-order valence-corrected chi connectivity index (χ2v) is 5.70. The van der Waals surface area contributed by atoms with E-state index in [1.165, 1.54) is 12.3 Å². The average molecular weight is 306 g/mol. The maximum Gasteiger partial charge on any atom is 0.279 e. The van der Waals surface area contributed by atoms with Crippen molar-refractivity contribution >= 4 is 27.3 Å². The fraction of sp³-hybridized carbons (Fsp3) is 0.100. The van der Waals surface area contributed by atoms with E-state index in [9.17, 15) is 12.8 Å². The molecular formula is C10H9ClFN3O3S. The SMILES string of the molecule is O=S(=O)(Nc1cc(F)cc(Cl)c1)c1[nH]ncc1CO. The third-order valence-corrected chi connectivity index (χ3v) is 3.85. The Balaban J connectivity index is 2.36. The molecule has 6 nitrogen and oxygen atoms in total. The van der Waals surface area contributed by atoms with Crippen molar-refractivity contribution < 1.29 is 17.9 Å². The van der Waals surface area contributed by atoms with Crippen LogP contribution in [-0.4, -0.2) is 23.7 Å². The van der Waals surface area contributed by atoms with Crippen molar-refractivity contribution in [2.45, 2.75) is 11.6 Å². The number of halogens is 2. The second-order valence-electron chi connectivity index (χ2n) is 3.65. The van der Waals surface area contributed by atoms with Crippen LogP contribution in [0, 0.1) is 5.82 Å². The molecule has 1 aromatic carbocycles. The Bertz CT molecular complexity index is 682. The highest BCUT2D eigenvalue weighted by atomic mass is 35.5. The highest BCUT2D eigenvalue weighted by Gasteiger charge is 2.20. The molecule has 0 saturated heterocycles. The van der Waals surface area contributed by atoms with Gasteiger partial charge in [-0.1, -0.05) is 11.6 Å². The summed E-state index contributed by atoms with van der Waals surface area (Å²) in [6.07, 6.45) is 1.19. The van der Waals surface area contributed by atoms with E-state index in [1.54, 1.807) is 0 Å². The summed E-state index contributed by atoms with van der Waals surface area (Å²) in [5.74, 6) is -0.669. The van der Waals surface area contributed by atoms with Gasteiger partial charge in [0.1, 0.15) is 5.82 Å². The number of rotatable bonds is 4. The van der Waals surface area contributed by atoms with Gasteiger partial charge in [-0.2, -0.15) is 13.5 Å². The fourth-order valence-corrected chi connectivity index (χ4v) is 2.85. The minimum absolute atomic E-state index is 0.0245. The standard InChI is InChI=1S/C10H9ClFN3O3S/c11-7-1-8(12)3-9(2-7)15-19(17,18)10-6(5-16)4-13-14-10/h1-4,15-16H,5H2,(H,13,14). The van der Waals surface area contributed by atoms with E-state index in [0.29, 0.717) is 0 Å². The first-order chi connectivity index (χ1) is 8.92. The molecule has 102 valence electrons. The lowest BCUT2D eigenvalue weighted by molar-refractivity contribution is 0.278. The topological polar surface area (TPSA) is 95.1 Å². The molecule has 0 aliphatic rings. The minimum Gasteiger partial charge on any atom is -0.392 e. The van der Waals surface area contributed by atoms with Crippen LogP contribution in [0.5, 0.6) is 0 Å². The number of hydrogen-bond donors (Lipinski definition) is 3. The van der Waals surface area contributed by atoms with Gasteiger partial charge < -0.3 is 5.11 Å². The summed E-state index contributed by atoms with van der Waals surface area (Å²) >= 11 is 5.63. The summed E-state index contributed by atoms with van der Waals surface area (Å²) < 4.78 is 39.3. The van der Waals surface area contributed by atoms with E-state index in [4.69, 9.17) is 16.7 Å². The zero-order valence-electron chi connectivity index (χ0n) is 9.39. The first-order valence-electron chi connectivity index (χ1n) is 5.04. The summed E-state index contributed by atoms with van der Waals surface area (Å²) in [7, 11) is -4.00. The fourth-order valence-electron chi connectivity index (χ4n) is 1.46. The number of H-pyrrole nitrogens is 1. The normalized spacial score (nSPS) is 11.5. The molecule has 0 aliphatic carbocycles. The molecule has 2 aromatic rings. The predicted octanol–water partition coefficient (Wildman–Crippen LogP) is 1.50. The van der Waals surface area contributed by atoms with Crippen LogP contribution in [0.4, 0.5) is 10.1 Å². The van der Waals surface area contributed by atoms with Crippen molar-refractivity contribution in [2.75, 3.05) is 4.72 Å². The average Bonchev–Trinajstić information content (AvgIpc) is 2.75. The summed E-state index contributed by atoms with van der Waals surface area (Å²) in [6, 6.07) is 3.30. The van der Waals surface area contributed by atoms with Gasteiger partial charge in [0.15, 0.2) is 5.03 Å². The maximum atomic E-state index is 13.1. The van der Waals surface area contributed by atoms with Crippen LogP contribution < -0.4 is 4.72 Å². The highest BCUT2D eigenvalue weighted by Crippen LogP contribution is 2.22. The first kappa shape index (κ1) is 13.8. The Kier molecular flexibility index (Phi) is 3.74. The largest absolute Gasteiger partial charge is 0.392 e. The molecule has 0 saturated carbocycles. The van der Waals surface area contributed by atoms with E-state index in [2.05, 4.69) is 14.9 Å². The quantitative estimate of drug-likeness (QED) is 0.797. The number of anilines is 1. The van der Waals surface area contributed by atoms with Crippen LogP contribution in [0.1, 0.15) is 5.56 Å². The summed E-state index contributed by atoms with van der Waals surface area (Å²) in [6.45, 7) is -0.489. The van der Waals surface area contributed by atoms with Crippen molar-refractivity contribution in [1.29, 1.82) is 0 Å². The molecule has 0 bridgehead atoms. The van der Waals surface area contributed by atoms with Crippen LogP contribution >= 0.6 is 11.6 Å². The molecule has 0 fully saturated rings. The zero-order chi connectivity index (χ0) is 14.0. The van der Waals surface area contributed by atoms with E-state index in [-0.39, 0.29) is 21.3 Å². The molecule has 0 spiro atoms. The number of nitrogens with zero attached hydrogens (tertiary/aromatic N) is 1. The van der Waals surface area contributed by atoms with Crippen molar-refractivity contribution in [1.82, 2.24) is 10.2 Å². The first-order valence-corrected chi connectivity index (χ1v) is 6.90. The van der Waals surface area contributed by atoms with Gasteiger partial charge in [0.2, 0.25) is 0 Å². The van der Waals surface area contributed by atoms with Gasteiger partial charge in [0.05, 0.1) is 18.5 Å². The van der Waals surface area contributed by atoms with E-state index in [0.717, 1.165) is 12.1 Å². The van der Waals surface area contributed by atoms with Gasteiger partial charge in [-0.3, -0.25) is 9.82 Å². The van der Waals surface area contributed by atoms with Crippen LogP contribution in [0.3, 0.4) is 0 Å². The van der Waals surface area contributed by atoms with Gasteiger partial charge >= 0.3 is 0 Å². The van der Waals surface area contributed by atoms with Crippen LogP contribution in [0.2, 0.25) is 5.02 Å². The van der Waals surface area contributed by atoms with Gasteiger partial charge in [-0.05, 0) is 18.2 Å². The third-order valence-electron chi connectivity index (χ3n) is 2.23. The number of sulfonamides is 1. The molecule has 0 atom stereocenters. The Hall–Kier alpha value is -1.64. The molecule has 19 heavy (non-hydrogen) atoms. The lowest BCUT2D eigenvalue weighted by Crippen LogP contribution is -2.15. The Morgan fingerprint density at radius 3 is 2.79 bits per heavy atom. The number of nitrogens with one attached hydrogen (secondary N) is 2. The van der Waals surface area contributed by atoms with Crippen molar-refractivity contribution in [2.24, 2.45) is 0 Å². The van der Waals surface area contributed by atoms with Crippen LogP contribution in [0.25, 0.3) is 0 Å². The molecule has 0 aliphatic heterocycles. The Labute approximate surface area is 113 Å². The van der Waals surface area contributed by atoms with Crippen molar-refractivity contribution in [3.63, 3.8) is 0 Å². The zero-order valence-corrected chi connectivity index (χ0v) is 11.0. The number of aliphatic hydroxyl groups excluding tert-OH is 1. The van der Waals surface area contributed by atoms with E-state index < -0.39 is 22.4 Å². The molecular weight excluding hydrogens is 297 g/mol. The molecule has 3 N–H and O–H groups in total. The predicted molar refractivity (Wildman–Crippen MR) is 66.7 cm³/mol.